The minimum Gasteiger partial charge on any atom is -0.411 e. The third-order valence-electron chi connectivity index (χ3n) is 7.50. The number of aliphatic hydroxyl groups excluding tert-OH is 3. The van der Waals surface area contributed by atoms with Gasteiger partial charge in [-0.15, -0.1) is 0 Å². The second kappa shape index (κ2) is 14.1. The van der Waals surface area contributed by atoms with Gasteiger partial charge in [-0.1, -0.05) is 84.8 Å². The Morgan fingerprint density at radius 2 is 1.61 bits per heavy atom. The molecule has 5 atom stereocenters. The highest BCUT2D eigenvalue weighted by Gasteiger charge is 2.41. The van der Waals surface area contributed by atoms with Crippen LogP contribution in [0.1, 0.15) is 98.3 Å². The van der Waals surface area contributed by atoms with Gasteiger partial charge < -0.3 is 19.7 Å². The maximum absolute atomic E-state index is 10.6. The largest absolute Gasteiger partial charge is 0.411 e. The maximum atomic E-state index is 10.6. The molecule has 4 nitrogen and oxygen atoms in total. The molecule has 0 saturated heterocycles. The van der Waals surface area contributed by atoms with Crippen LogP contribution in [0.3, 0.4) is 0 Å². The summed E-state index contributed by atoms with van der Waals surface area (Å²) < 4.78 is 6.73. The van der Waals surface area contributed by atoms with Crippen molar-refractivity contribution in [1.82, 2.24) is 0 Å². The third kappa shape index (κ3) is 10.1. The second-order valence-corrected chi connectivity index (χ2v) is 15.9. The number of hydrogen-bond acceptors (Lipinski definition) is 4. The molecule has 1 aliphatic rings. The first-order chi connectivity index (χ1) is 14.5. The average molecular weight is 457 g/mol. The van der Waals surface area contributed by atoms with Crippen molar-refractivity contribution in [2.45, 2.75) is 135 Å². The van der Waals surface area contributed by atoms with Gasteiger partial charge >= 0.3 is 0 Å². The Hall–Kier alpha value is -0.203. The molecule has 0 spiro atoms. The van der Waals surface area contributed by atoms with Gasteiger partial charge in [0.25, 0.3) is 0 Å². The summed E-state index contributed by atoms with van der Waals surface area (Å²) in [6.45, 7) is 13.9. The smallest absolute Gasteiger partial charge is 0.192 e. The number of hydrogen-bond donors (Lipinski definition) is 3. The lowest BCUT2D eigenvalue weighted by atomic mass is 9.88. The Balaban J connectivity index is 2.77. The Morgan fingerprint density at radius 3 is 2.23 bits per heavy atom. The van der Waals surface area contributed by atoms with Crippen LogP contribution in [0.15, 0.2) is 12.2 Å². The second-order valence-electron chi connectivity index (χ2n) is 11.2. The molecule has 0 radical (unpaired) electrons. The SMILES string of the molecule is CCCCC[C@@H](/C=C/[C@H]1[C@H](O)CC(O)[C@@H]1CCCCCCCO)O[Si](C)(C)C(C)(C)C. The molecule has 0 aromatic heterocycles. The van der Waals surface area contributed by atoms with E-state index in [1.54, 1.807) is 0 Å². The van der Waals surface area contributed by atoms with Crippen LogP contribution >= 0.6 is 0 Å². The van der Waals surface area contributed by atoms with Crippen molar-refractivity contribution in [2.75, 3.05) is 6.61 Å². The van der Waals surface area contributed by atoms with Crippen LogP contribution in [0.2, 0.25) is 18.1 Å². The highest BCUT2D eigenvalue weighted by atomic mass is 28.4. The molecule has 1 fully saturated rings. The monoisotopic (exact) mass is 456 g/mol. The lowest BCUT2D eigenvalue weighted by molar-refractivity contribution is 0.115. The van der Waals surface area contributed by atoms with Crippen molar-refractivity contribution in [3.63, 3.8) is 0 Å². The molecule has 5 heteroatoms. The van der Waals surface area contributed by atoms with Crippen LogP contribution in [0, 0.1) is 11.8 Å². The first-order valence-corrected chi connectivity index (χ1v) is 15.8. The molecule has 31 heavy (non-hydrogen) atoms. The molecular weight excluding hydrogens is 404 g/mol. The first kappa shape index (κ1) is 28.8. The topological polar surface area (TPSA) is 69.9 Å². The molecule has 1 aliphatic carbocycles. The van der Waals surface area contributed by atoms with Gasteiger partial charge in [0.05, 0.1) is 18.3 Å². The molecule has 0 aromatic rings. The van der Waals surface area contributed by atoms with Gasteiger partial charge in [-0.3, -0.25) is 0 Å². The van der Waals surface area contributed by atoms with Crippen LogP contribution in [-0.4, -0.2) is 48.6 Å². The number of unbranched alkanes of at least 4 members (excludes halogenated alkanes) is 6. The van der Waals surface area contributed by atoms with Gasteiger partial charge in [-0.05, 0) is 43.3 Å². The Labute approximate surface area is 193 Å². The zero-order chi connectivity index (χ0) is 23.5. The lowest BCUT2D eigenvalue weighted by Crippen LogP contribution is -2.43. The van der Waals surface area contributed by atoms with Crippen molar-refractivity contribution >= 4 is 8.32 Å². The van der Waals surface area contributed by atoms with Gasteiger partial charge in [0.2, 0.25) is 0 Å². The van der Waals surface area contributed by atoms with E-state index in [-0.39, 0.29) is 29.6 Å². The van der Waals surface area contributed by atoms with Crippen molar-refractivity contribution in [3.05, 3.63) is 12.2 Å². The lowest BCUT2D eigenvalue weighted by Gasteiger charge is -2.39. The van der Waals surface area contributed by atoms with Crippen LogP contribution in [-0.2, 0) is 4.43 Å². The molecule has 1 saturated carbocycles. The van der Waals surface area contributed by atoms with Gasteiger partial charge in [-0.25, -0.2) is 0 Å². The quantitative estimate of drug-likeness (QED) is 0.156. The fraction of sp³-hybridized carbons (Fsp3) is 0.923. The van der Waals surface area contributed by atoms with E-state index >= 15 is 0 Å². The Morgan fingerprint density at radius 1 is 0.968 bits per heavy atom. The van der Waals surface area contributed by atoms with E-state index in [1.165, 1.54) is 12.8 Å². The van der Waals surface area contributed by atoms with E-state index in [2.05, 4.69) is 52.9 Å². The normalized spacial score (nSPS) is 26.1. The summed E-state index contributed by atoms with van der Waals surface area (Å²) in [4.78, 5) is 0. The molecule has 0 aromatic carbocycles. The predicted octanol–water partition coefficient (Wildman–Crippen LogP) is 6.20. The Kier molecular flexibility index (Phi) is 13.2. The fourth-order valence-electron chi connectivity index (χ4n) is 4.40. The maximum Gasteiger partial charge on any atom is 0.192 e. The van der Waals surface area contributed by atoms with E-state index in [4.69, 9.17) is 9.53 Å². The highest BCUT2D eigenvalue weighted by Crippen LogP contribution is 2.39. The summed E-state index contributed by atoms with van der Waals surface area (Å²) in [5, 5.41) is 30.2. The van der Waals surface area contributed by atoms with Crippen molar-refractivity contribution < 1.29 is 19.7 Å². The summed E-state index contributed by atoms with van der Waals surface area (Å²) in [5.41, 5.74) is 0. The van der Waals surface area contributed by atoms with E-state index in [0.29, 0.717) is 6.42 Å². The summed E-state index contributed by atoms with van der Waals surface area (Å²) >= 11 is 0. The van der Waals surface area contributed by atoms with Gasteiger partial charge in [0.15, 0.2) is 8.32 Å². The molecule has 0 heterocycles. The van der Waals surface area contributed by atoms with Gasteiger partial charge in [-0.2, -0.15) is 0 Å². The predicted molar refractivity (Wildman–Crippen MR) is 134 cm³/mol. The summed E-state index contributed by atoms with van der Waals surface area (Å²) in [6, 6.07) is 0. The standard InChI is InChI=1S/C26H52O4Si/c1-7-8-12-15-21(30-31(5,6)26(2,3)4)17-18-23-22(24(28)20-25(23)29)16-13-10-9-11-14-19-27/h17-18,21-25,27-29H,7-16,19-20H2,1-6H3/b18-17+/t21-,22+,23+,24?,25+/m0/s1. The molecule has 0 bridgehead atoms. The van der Waals surface area contributed by atoms with Crippen LogP contribution in [0.4, 0.5) is 0 Å². The molecule has 1 unspecified atom stereocenters. The van der Waals surface area contributed by atoms with E-state index < -0.39 is 20.5 Å². The van der Waals surface area contributed by atoms with E-state index in [1.807, 2.05) is 0 Å². The van der Waals surface area contributed by atoms with E-state index in [0.717, 1.165) is 51.4 Å². The molecule has 3 N–H and O–H groups in total. The molecule has 184 valence electrons. The average Bonchev–Trinajstić information content (AvgIpc) is 2.94. The molecule has 0 aliphatic heterocycles. The van der Waals surface area contributed by atoms with Crippen LogP contribution in [0.25, 0.3) is 0 Å². The van der Waals surface area contributed by atoms with Gasteiger partial charge in [0.1, 0.15) is 0 Å². The fourth-order valence-corrected chi connectivity index (χ4v) is 5.70. The summed E-state index contributed by atoms with van der Waals surface area (Å²) in [7, 11) is -1.87. The summed E-state index contributed by atoms with van der Waals surface area (Å²) in [5.74, 6) is 0.150. The van der Waals surface area contributed by atoms with Crippen LogP contribution in [0.5, 0.6) is 0 Å². The van der Waals surface area contributed by atoms with Gasteiger partial charge in [0, 0.05) is 18.9 Å². The number of aliphatic hydroxyl groups is 3. The number of rotatable bonds is 15. The molecular formula is C26H52O4Si. The van der Waals surface area contributed by atoms with Crippen molar-refractivity contribution in [1.29, 1.82) is 0 Å². The molecule has 0 amide bonds. The van der Waals surface area contributed by atoms with Crippen LogP contribution < -0.4 is 0 Å². The zero-order valence-electron chi connectivity index (χ0n) is 21.3. The Bertz CT molecular complexity index is 500. The zero-order valence-corrected chi connectivity index (χ0v) is 22.3. The van der Waals surface area contributed by atoms with Crippen molar-refractivity contribution in [3.8, 4) is 0 Å². The first-order valence-electron chi connectivity index (χ1n) is 12.9. The minimum atomic E-state index is -1.87. The van der Waals surface area contributed by atoms with Crippen molar-refractivity contribution in [2.24, 2.45) is 11.8 Å². The third-order valence-corrected chi connectivity index (χ3v) is 12.0. The highest BCUT2D eigenvalue weighted by molar-refractivity contribution is 6.74. The summed E-state index contributed by atoms with van der Waals surface area (Å²) in [6.07, 6.45) is 14.9. The minimum absolute atomic E-state index is 0.0177. The van der Waals surface area contributed by atoms with E-state index in [9.17, 15) is 10.2 Å². The molecule has 1 rings (SSSR count).